The predicted octanol–water partition coefficient (Wildman–Crippen LogP) is 3.23. The molecule has 0 amide bonds. The fourth-order valence-electron chi connectivity index (χ4n) is 2.21. The van der Waals surface area contributed by atoms with Crippen LogP contribution in [-0.2, 0) is 9.84 Å². The van der Waals surface area contributed by atoms with E-state index in [1.165, 1.54) is 24.3 Å². The Morgan fingerprint density at radius 2 is 1.91 bits per heavy atom. The Hall–Kier alpha value is -2.67. The second kappa shape index (κ2) is 5.51. The molecule has 2 N–H and O–H groups in total. The smallest absolute Gasteiger partial charge is 0.175 e. The molecule has 118 valence electrons. The highest BCUT2D eigenvalue weighted by molar-refractivity contribution is 7.90. The van der Waals surface area contributed by atoms with Gasteiger partial charge in [0.2, 0.25) is 0 Å². The highest BCUT2D eigenvalue weighted by Gasteiger charge is 2.11. The molecule has 0 aliphatic heterocycles. The lowest BCUT2D eigenvalue weighted by atomic mass is 10.2. The van der Waals surface area contributed by atoms with Crippen molar-refractivity contribution in [3.8, 4) is 5.75 Å². The summed E-state index contributed by atoms with van der Waals surface area (Å²) < 4.78 is 36.9. The summed E-state index contributed by atoms with van der Waals surface area (Å²) in [5.74, 6) is -1.18. The van der Waals surface area contributed by atoms with E-state index in [1.54, 1.807) is 18.3 Å². The Balaban J connectivity index is 2.11. The Bertz CT molecular complexity index is 1000. The highest BCUT2D eigenvalue weighted by atomic mass is 32.2. The first kappa shape index (κ1) is 15.2. The van der Waals surface area contributed by atoms with E-state index in [4.69, 9.17) is 0 Å². The SMILES string of the molecule is CS(=O)(=O)c1ccc2nccc(Nc3ccc(O)c(F)c3)c2c1. The molecule has 0 radical (unpaired) electrons. The zero-order chi connectivity index (χ0) is 16.6. The van der Waals surface area contributed by atoms with E-state index < -0.39 is 21.4 Å². The average Bonchev–Trinajstić information content (AvgIpc) is 2.50. The first-order chi connectivity index (χ1) is 10.8. The molecule has 23 heavy (non-hydrogen) atoms. The summed E-state index contributed by atoms with van der Waals surface area (Å²) in [4.78, 5) is 4.37. The topological polar surface area (TPSA) is 79.3 Å². The van der Waals surface area contributed by atoms with Crippen molar-refractivity contribution in [3.63, 3.8) is 0 Å². The van der Waals surface area contributed by atoms with Gasteiger partial charge in [-0.1, -0.05) is 0 Å². The molecular weight excluding hydrogens is 319 g/mol. The van der Waals surface area contributed by atoms with Gasteiger partial charge in [-0.25, -0.2) is 12.8 Å². The molecule has 7 heteroatoms. The third-order valence-electron chi connectivity index (χ3n) is 3.37. The maximum absolute atomic E-state index is 13.4. The second-order valence-corrected chi connectivity index (χ2v) is 7.12. The van der Waals surface area contributed by atoms with Crippen molar-refractivity contribution in [2.75, 3.05) is 11.6 Å². The molecule has 5 nitrogen and oxygen atoms in total. The molecule has 0 unspecified atom stereocenters. The summed E-state index contributed by atoms with van der Waals surface area (Å²) in [6, 6.07) is 10.2. The van der Waals surface area contributed by atoms with Crippen LogP contribution in [0.3, 0.4) is 0 Å². The fraction of sp³-hybridized carbons (Fsp3) is 0.0625. The van der Waals surface area contributed by atoms with Gasteiger partial charge >= 0.3 is 0 Å². The van der Waals surface area contributed by atoms with Gasteiger partial charge in [0.1, 0.15) is 0 Å². The van der Waals surface area contributed by atoms with Gasteiger partial charge < -0.3 is 10.4 Å². The molecule has 3 aromatic rings. The number of pyridine rings is 1. The summed E-state index contributed by atoms with van der Waals surface area (Å²) >= 11 is 0. The van der Waals surface area contributed by atoms with Crippen LogP contribution in [0.4, 0.5) is 15.8 Å². The first-order valence-electron chi connectivity index (χ1n) is 6.69. The van der Waals surface area contributed by atoms with Crippen molar-refractivity contribution < 1.29 is 17.9 Å². The van der Waals surface area contributed by atoms with Crippen molar-refractivity contribution in [1.82, 2.24) is 4.98 Å². The number of aromatic hydroxyl groups is 1. The molecule has 0 saturated carbocycles. The molecule has 0 atom stereocenters. The molecule has 0 saturated heterocycles. The van der Waals surface area contributed by atoms with Crippen molar-refractivity contribution >= 4 is 32.1 Å². The van der Waals surface area contributed by atoms with Crippen LogP contribution in [0, 0.1) is 5.82 Å². The molecule has 0 spiro atoms. The summed E-state index contributed by atoms with van der Waals surface area (Å²) in [7, 11) is -3.34. The number of hydrogen-bond donors (Lipinski definition) is 2. The predicted molar refractivity (Wildman–Crippen MR) is 86.2 cm³/mol. The van der Waals surface area contributed by atoms with Gasteiger partial charge in [0.25, 0.3) is 0 Å². The largest absolute Gasteiger partial charge is 0.505 e. The molecule has 1 heterocycles. The number of anilines is 2. The minimum absolute atomic E-state index is 0.179. The van der Waals surface area contributed by atoms with E-state index in [0.717, 1.165) is 12.3 Å². The number of fused-ring (bicyclic) bond motifs is 1. The van der Waals surface area contributed by atoms with Crippen LogP contribution < -0.4 is 5.32 Å². The van der Waals surface area contributed by atoms with Crippen LogP contribution in [0.25, 0.3) is 10.9 Å². The zero-order valence-electron chi connectivity index (χ0n) is 12.1. The number of nitrogens with one attached hydrogen (secondary N) is 1. The molecule has 1 aromatic heterocycles. The van der Waals surface area contributed by atoms with Gasteiger partial charge in [0, 0.05) is 35.3 Å². The number of halogens is 1. The number of sulfone groups is 1. The van der Waals surface area contributed by atoms with Gasteiger partial charge in [-0.3, -0.25) is 4.98 Å². The van der Waals surface area contributed by atoms with Gasteiger partial charge in [-0.05, 0) is 36.4 Å². The second-order valence-electron chi connectivity index (χ2n) is 5.10. The maximum Gasteiger partial charge on any atom is 0.175 e. The normalized spacial score (nSPS) is 11.6. The molecule has 0 aliphatic carbocycles. The lowest BCUT2D eigenvalue weighted by Crippen LogP contribution is -1.98. The van der Waals surface area contributed by atoms with Crippen molar-refractivity contribution in [1.29, 1.82) is 0 Å². The minimum atomic E-state index is -3.34. The van der Waals surface area contributed by atoms with E-state index in [9.17, 15) is 17.9 Å². The quantitative estimate of drug-likeness (QED) is 0.720. The van der Waals surface area contributed by atoms with E-state index >= 15 is 0 Å². The molecule has 3 rings (SSSR count). The van der Waals surface area contributed by atoms with Crippen LogP contribution in [0.15, 0.2) is 53.6 Å². The monoisotopic (exact) mass is 332 g/mol. The Morgan fingerprint density at radius 3 is 2.61 bits per heavy atom. The third kappa shape index (κ3) is 3.09. The molecule has 2 aromatic carbocycles. The number of rotatable bonds is 3. The van der Waals surface area contributed by atoms with E-state index in [-0.39, 0.29) is 4.90 Å². The average molecular weight is 332 g/mol. The third-order valence-corrected chi connectivity index (χ3v) is 4.48. The molecule has 0 fully saturated rings. The lowest BCUT2D eigenvalue weighted by Gasteiger charge is -2.11. The first-order valence-corrected chi connectivity index (χ1v) is 8.58. The molecule has 0 aliphatic rings. The van der Waals surface area contributed by atoms with Crippen LogP contribution in [0.5, 0.6) is 5.75 Å². The standard InChI is InChI=1S/C16H13FN2O3S/c1-23(21,22)11-3-4-14-12(9-11)15(6-7-18-14)19-10-2-5-16(20)13(17)8-10/h2-9,20H,1H3,(H,18,19). The number of hydrogen-bond acceptors (Lipinski definition) is 5. The summed E-state index contributed by atoms with van der Waals surface area (Å²) in [5, 5.41) is 12.8. The number of aromatic nitrogens is 1. The van der Waals surface area contributed by atoms with Gasteiger partial charge in [0.15, 0.2) is 21.4 Å². The summed E-state index contributed by atoms with van der Waals surface area (Å²) in [6.07, 6.45) is 2.70. The number of phenolic OH excluding ortho intramolecular Hbond substituents is 1. The van der Waals surface area contributed by atoms with E-state index in [2.05, 4.69) is 10.3 Å². The van der Waals surface area contributed by atoms with Crippen molar-refractivity contribution in [3.05, 3.63) is 54.5 Å². The number of nitrogens with zero attached hydrogens (tertiary/aromatic N) is 1. The maximum atomic E-state index is 13.4. The van der Waals surface area contributed by atoms with E-state index in [0.29, 0.717) is 22.3 Å². The Morgan fingerprint density at radius 1 is 1.13 bits per heavy atom. The Kier molecular flexibility index (Phi) is 3.65. The molecule has 0 bridgehead atoms. The van der Waals surface area contributed by atoms with Gasteiger partial charge in [-0.2, -0.15) is 0 Å². The zero-order valence-corrected chi connectivity index (χ0v) is 12.9. The van der Waals surface area contributed by atoms with Crippen LogP contribution in [-0.4, -0.2) is 24.8 Å². The fourth-order valence-corrected chi connectivity index (χ4v) is 2.85. The van der Waals surface area contributed by atoms with Gasteiger partial charge in [0.05, 0.1) is 10.4 Å². The van der Waals surface area contributed by atoms with Gasteiger partial charge in [-0.15, -0.1) is 0 Å². The van der Waals surface area contributed by atoms with Crippen LogP contribution in [0.2, 0.25) is 0 Å². The van der Waals surface area contributed by atoms with Crippen molar-refractivity contribution in [2.45, 2.75) is 4.90 Å². The van der Waals surface area contributed by atoms with Crippen molar-refractivity contribution in [2.24, 2.45) is 0 Å². The lowest BCUT2D eigenvalue weighted by molar-refractivity contribution is 0.432. The summed E-state index contributed by atoms with van der Waals surface area (Å²) in [5.41, 5.74) is 1.63. The minimum Gasteiger partial charge on any atom is -0.505 e. The number of phenols is 1. The summed E-state index contributed by atoms with van der Waals surface area (Å²) in [6.45, 7) is 0. The highest BCUT2D eigenvalue weighted by Crippen LogP contribution is 2.28. The van der Waals surface area contributed by atoms with Crippen LogP contribution in [0.1, 0.15) is 0 Å². The van der Waals surface area contributed by atoms with E-state index in [1.807, 2.05) is 0 Å². The number of benzene rings is 2. The molecular formula is C16H13FN2O3S. The van der Waals surface area contributed by atoms with Crippen LogP contribution >= 0.6 is 0 Å². The Labute approximate surface area is 132 Å².